The Bertz CT molecular complexity index is 429. The molecular weight excluding hydrogens is 276 g/mol. The summed E-state index contributed by atoms with van der Waals surface area (Å²) < 4.78 is 5.87. The predicted molar refractivity (Wildman–Crippen MR) is 91.3 cm³/mol. The summed E-state index contributed by atoms with van der Waals surface area (Å²) in [5.74, 6) is 1.08. The molecule has 22 heavy (non-hydrogen) atoms. The zero-order valence-electron chi connectivity index (χ0n) is 14.4. The van der Waals surface area contributed by atoms with Gasteiger partial charge in [0.1, 0.15) is 12.4 Å². The van der Waals surface area contributed by atoms with E-state index in [-0.39, 0.29) is 0 Å². The molecule has 1 aromatic rings. The lowest BCUT2D eigenvalue weighted by molar-refractivity contribution is -0.115. The van der Waals surface area contributed by atoms with Gasteiger partial charge < -0.3 is 9.64 Å². The van der Waals surface area contributed by atoms with Gasteiger partial charge in [0, 0.05) is 20.1 Å². The summed E-state index contributed by atoms with van der Waals surface area (Å²) in [5, 5.41) is 0. The second-order valence-electron chi connectivity index (χ2n) is 5.88. The highest BCUT2D eigenvalue weighted by atomic mass is 16.5. The maximum absolute atomic E-state index is 9.43. The van der Waals surface area contributed by atoms with Gasteiger partial charge in [0.15, 0.2) is 0 Å². The van der Waals surface area contributed by atoms with E-state index >= 15 is 0 Å². The van der Waals surface area contributed by atoms with E-state index in [2.05, 4.69) is 43.0 Å². The van der Waals surface area contributed by atoms with Crippen LogP contribution in [0, 0.1) is 0 Å². The van der Waals surface area contributed by atoms with Gasteiger partial charge in [-0.1, -0.05) is 32.0 Å². The van der Waals surface area contributed by atoms with Crippen LogP contribution in [-0.4, -0.2) is 56.0 Å². The van der Waals surface area contributed by atoms with Crippen LogP contribution in [0.4, 0.5) is 0 Å². The molecule has 1 atom stereocenters. The number of para-hydroxylation sites is 1. The van der Waals surface area contributed by atoms with E-state index in [4.69, 9.17) is 4.74 Å². The van der Waals surface area contributed by atoms with Gasteiger partial charge in [-0.15, -0.1) is 0 Å². The first-order valence-electron chi connectivity index (χ1n) is 8.18. The lowest BCUT2D eigenvalue weighted by Gasteiger charge is -2.34. The summed E-state index contributed by atoms with van der Waals surface area (Å²) in [5.41, 5.74) is 1.36. The quantitative estimate of drug-likeness (QED) is 0.758. The maximum atomic E-state index is 9.43. The minimum absolute atomic E-state index is 0.560. The summed E-state index contributed by atoms with van der Waals surface area (Å²) >= 11 is 0. The Morgan fingerprint density at radius 3 is 2.32 bits per heavy atom. The molecule has 0 spiro atoms. The number of nitrogens with zero attached hydrogens (tertiary/aromatic N) is 2. The summed E-state index contributed by atoms with van der Waals surface area (Å²) in [7, 11) is 3.38. The molecule has 0 saturated heterocycles. The van der Waals surface area contributed by atoms with Gasteiger partial charge in [-0.2, -0.15) is 0 Å². The first kappa shape index (κ1) is 18.5. The highest BCUT2D eigenvalue weighted by Crippen LogP contribution is 2.26. The number of hydrogen-bond acceptors (Lipinski definition) is 3. The zero-order chi connectivity index (χ0) is 16.4. The molecule has 1 heterocycles. The standard InChI is InChI=1S/C15H23NO.C3H7NO/c1-3-9-16(10-4-2)14-11-13-7-5-6-8-15(13)17-12-14;1-4(2)3-5/h5-8,14H,3-4,9-12H2,1-2H3;3H,1-2H3. The van der Waals surface area contributed by atoms with Crippen molar-refractivity contribution in [2.75, 3.05) is 33.8 Å². The average Bonchev–Trinajstić information content (AvgIpc) is 2.54. The number of fused-ring (bicyclic) bond motifs is 1. The maximum Gasteiger partial charge on any atom is 0.209 e. The highest BCUT2D eigenvalue weighted by molar-refractivity contribution is 5.45. The molecule has 1 aliphatic heterocycles. The summed E-state index contributed by atoms with van der Waals surface area (Å²) in [4.78, 5) is 13.5. The topological polar surface area (TPSA) is 32.8 Å². The fraction of sp³-hybridized carbons (Fsp3) is 0.611. The number of hydrogen-bond donors (Lipinski definition) is 0. The first-order valence-corrected chi connectivity index (χ1v) is 8.18. The van der Waals surface area contributed by atoms with Crippen molar-refractivity contribution >= 4 is 6.41 Å². The van der Waals surface area contributed by atoms with Crippen molar-refractivity contribution in [1.29, 1.82) is 0 Å². The van der Waals surface area contributed by atoms with E-state index in [1.54, 1.807) is 14.1 Å². The predicted octanol–water partition coefficient (Wildman–Crippen LogP) is 2.82. The number of rotatable bonds is 6. The van der Waals surface area contributed by atoms with Crippen LogP contribution in [0.15, 0.2) is 24.3 Å². The molecule has 4 nitrogen and oxygen atoms in total. The van der Waals surface area contributed by atoms with Crippen LogP contribution < -0.4 is 4.74 Å². The van der Waals surface area contributed by atoms with Gasteiger partial charge in [-0.25, -0.2) is 0 Å². The lowest BCUT2D eigenvalue weighted by atomic mass is 10.0. The van der Waals surface area contributed by atoms with Gasteiger partial charge in [-0.05, 0) is 44.0 Å². The minimum Gasteiger partial charge on any atom is -0.492 e. The average molecular weight is 306 g/mol. The van der Waals surface area contributed by atoms with Crippen LogP contribution in [-0.2, 0) is 11.2 Å². The van der Waals surface area contributed by atoms with Crippen molar-refractivity contribution < 1.29 is 9.53 Å². The molecule has 0 radical (unpaired) electrons. The van der Waals surface area contributed by atoms with E-state index in [1.807, 2.05) is 0 Å². The summed E-state index contributed by atoms with van der Waals surface area (Å²) in [6, 6.07) is 8.99. The van der Waals surface area contributed by atoms with E-state index in [1.165, 1.54) is 36.4 Å². The Balaban J connectivity index is 0.000000422. The third-order valence-corrected chi connectivity index (χ3v) is 3.61. The Labute approximate surface area is 135 Å². The van der Waals surface area contributed by atoms with E-state index < -0.39 is 0 Å². The summed E-state index contributed by atoms with van der Waals surface area (Å²) in [6.07, 6.45) is 4.33. The van der Waals surface area contributed by atoms with E-state index in [0.29, 0.717) is 6.04 Å². The number of carbonyl (C=O) groups excluding carboxylic acids is 1. The van der Waals surface area contributed by atoms with Crippen molar-refractivity contribution in [2.24, 2.45) is 0 Å². The third kappa shape index (κ3) is 6.06. The number of benzene rings is 1. The van der Waals surface area contributed by atoms with Crippen LogP contribution in [0.25, 0.3) is 0 Å². The molecule has 1 aromatic carbocycles. The monoisotopic (exact) mass is 306 g/mol. The molecule has 0 aliphatic carbocycles. The van der Waals surface area contributed by atoms with Crippen molar-refractivity contribution in [2.45, 2.75) is 39.2 Å². The molecule has 0 aromatic heterocycles. The SMILES string of the molecule is CCCN(CCC)C1COc2ccccc2C1.CN(C)C=O. The van der Waals surface area contributed by atoms with Crippen molar-refractivity contribution in [1.82, 2.24) is 9.80 Å². The fourth-order valence-electron chi connectivity index (χ4n) is 2.60. The highest BCUT2D eigenvalue weighted by Gasteiger charge is 2.24. The van der Waals surface area contributed by atoms with E-state index in [0.717, 1.165) is 25.2 Å². The lowest BCUT2D eigenvalue weighted by Crippen LogP contribution is -2.43. The van der Waals surface area contributed by atoms with Crippen LogP contribution in [0.1, 0.15) is 32.3 Å². The van der Waals surface area contributed by atoms with Gasteiger partial charge >= 0.3 is 0 Å². The van der Waals surface area contributed by atoms with E-state index in [9.17, 15) is 4.79 Å². The Morgan fingerprint density at radius 2 is 1.77 bits per heavy atom. The molecule has 4 heteroatoms. The van der Waals surface area contributed by atoms with Crippen molar-refractivity contribution in [3.05, 3.63) is 29.8 Å². The number of amides is 1. The molecule has 124 valence electrons. The van der Waals surface area contributed by atoms with Crippen LogP contribution in [0.2, 0.25) is 0 Å². The van der Waals surface area contributed by atoms with Crippen molar-refractivity contribution in [3.63, 3.8) is 0 Å². The molecule has 1 aliphatic rings. The smallest absolute Gasteiger partial charge is 0.209 e. The molecule has 1 unspecified atom stereocenters. The van der Waals surface area contributed by atoms with Gasteiger partial charge in [-0.3, -0.25) is 9.69 Å². The molecular formula is C18H30N2O2. The van der Waals surface area contributed by atoms with Crippen LogP contribution >= 0.6 is 0 Å². The first-order chi connectivity index (χ1) is 10.6. The van der Waals surface area contributed by atoms with Crippen LogP contribution in [0.5, 0.6) is 5.75 Å². The molecule has 0 N–H and O–H groups in total. The fourth-order valence-corrected chi connectivity index (χ4v) is 2.60. The zero-order valence-corrected chi connectivity index (χ0v) is 14.4. The molecule has 0 bridgehead atoms. The Kier molecular flexibility index (Phi) is 8.60. The van der Waals surface area contributed by atoms with Gasteiger partial charge in [0.2, 0.25) is 6.41 Å². The minimum atomic E-state index is 0.560. The molecule has 2 rings (SSSR count). The van der Waals surface area contributed by atoms with Crippen molar-refractivity contribution in [3.8, 4) is 5.75 Å². The largest absolute Gasteiger partial charge is 0.492 e. The molecule has 0 saturated carbocycles. The number of carbonyl (C=O) groups is 1. The Morgan fingerprint density at radius 1 is 1.18 bits per heavy atom. The van der Waals surface area contributed by atoms with Gasteiger partial charge in [0.05, 0.1) is 0 Å². The molecule has 1 amide bonds. The van der Waals surface area contributed by atoms with Crippen LogP contribution in [0.3, 0.4) is 0 Å². The Hall–Kier alpha value is -1.55. The normalized spacial score (nSPS) is 16.1. The second kappa shape index (κ2) is 10.2. The number of ether oxygens (including phenoxy) is 1. The van der Waals surface area contributed by atoms with Gasteiger partial charge in [0.25, 0.3) is 0 Å². The third-order valence-electron chi connectivity index (χ3n) is 3.61. The summed E-state index contributed by atoms with van der Waals surface area (Å²) in [6.45, 7) is 7.71. The molecule has 0 fully saturated rings. The second-order valence-corrected chi connectivity index (χ2v) is 5.88.